The van der Waals surface area contributed by atoms with E-state index >= 15 is 0 Å². The van der Waals surface area contributed by atoms with E-state index in [1.807, 2.05) is 24.7 Å². The van der Waals surface area contributed by atoms with Gasteiger partial charge in [0.1, 0.15) is 0 Å². The van der Waals surface area contributed by atoms with Crippen LogP contribution >= 0.6 is 0 Å². The minimum Gasteiger partial charge on any atom is -0.354 e. The number of fused-ring (bicyclic) bond motifs is 2. The highest BCUT2D eigenvalue weighted by Crippen LogP contribution is 2.29. The van der Waals surface area contributed by atoms with E-state index in [4.69, 9.17) is 4.98 Å². The van der Waals surface area contributed by atoms with Crippen molar-refractivity contribution in [3.05, 3.63) is 60.3 Å². The minimum absolute atomic E-state index is 0.199. The van der Waals surface area contributed by atoms with Gasteiger partial charge in [0.15, 0.2) is 0 Å². The van der Waals surface area contributed by atoms with Crippen molar-refractivity contribution in [2.24, 2.45) is 5.92 Å². The van der Waals surface area contributed by atoms with Crippen LogP contribution in [0.1, 0.15) is 30.3 Å². The van der Waals surface area contributed by atoms with Crippen molar-refractivity contribution < 1.29 is 4.79 Å². The normalized spacial score (nSPS) is 19.8. The number of pyridine rings is 1. The van der Waals surface area contributed by atoms with Crippen LogP contribution in [0.25, 0.3) is 10.9 Å². The third-order valence-corrected chi connectivity index (χ3v) is 5.50. The number of rotatable bonds is 5. The fourth-order valence-electron chi connectivity index (χ4n) is 3.88. The molecule has 6 nitrogen and oxygen atoms in total. The number of hydrogen-bond donors (Lipinski definition) is 1. The number of nitrogens with zero attached hydrogens (tertiary/aromatic N) is 4. The summed E-state index contributed by atoms with van der Waals surface area (Å²) in [6.45, 7) is 3.17. The molecule has 27 heavy (non-hydrogen) atoms. The first-order valence-corrected chi connectivity index (χ1v) is 9.62. The summed E-state index contributed by atoms with van der Waals surface area (Å²) in [6, 6.07) is 12.7. The van der Waals surface area contributed by atoms with E-state index in [1.165, 1.54) is 11.1 Å². The van der Waals surface area contributed by atoms with Gasteiger partial charge in [-0.1, -0.05) is 24.3 Å². The van der Waals surface area contributed by atoms with Crippen molar-refractivity contribution in [2.45, 2.75) is 32.0 Å². The van der Waals surface area contributed by atoms with Gasteiger partial charge in [-0.3, -0.25) is 14.7 Å². The van der Waals surface area contributed by atoms with Gasteiger partial charge in [-0.15, -0.1) is 0 Å². The first-order chi connectivity index (χ1) is 13.3. The largest absolute Gasteiger partial charge is 0.354 e. The van der Waals surface area contributed by atoms with Gasteiger partial charge < -0.3 is 9.88 Å². The summed E-state index contributed by atoms with van der Waals surface area (Å²) in [5, 5.41) is 4.29. The average Bonchev–Trinajstić information content (AvgIpc) is 3.44. The Hall–Kier alpha value is -2.73. The summed E-state index contributed by atoms with van der Waals surface area (Å²) < 4.78 is 2.21. The maximum atomic E-state index is 12.0. The zero-order chi connectivity index (χ0) is 18.2. The molecular formula is C21H23N5O. The number of amides is 1. The number of imidazole rings is 1. The molecule has 1 N–H and O–H groups in total. The number of aromatic nitrogens is 3. The van der Waals surface area contributed by atoms with Crippen LogP contribution in [0.2, 0.25) is 0 Å². The van der Waals surface area contributed by atoms with Crippen LogP contribution in [-0.4, -0.2) is 38.4 Å². The monoisotopic (exact) mass is 361 g/mol. The summed E-state index contributed by atoms with van der Waals surface area (Å²) in [4.78, 5) is 23.6. The molecule has 2 aliphatic rings. The van der Waals surface area contributed by atoms with E-state index < -0.39 is 0 Å². The van der Waals surface area contributed by atoms with E-state index in [0.717, 1.165) is 43.7 Å². The third kappa shape index (κ3) is 3.45. The van der Waals surface area contributed by atoms with Crippen molar-refractivity contribution in [3.63, 3.8) is 0 Å². The molecule has 0 radical (unpaired) electrons. The lowest BCUT2D eigenvalue weighted by Gasteiger charge is -2.34. The first-order valence-electron chi connectivity index (χ1n) is 9.62. The van der Waals surface area contributed by atoms with Crippen LogP contribution in [0.5, 0.6) is 0 Å². The molecule has 3 aromatic rings. The zero-order valence-electron chi connectivity index (χ0n) is 15.2. The summed E-state index contributed by atoms with van der Waals surface area (Å²) in [6.07, 6.45) is 5.88. The molecule has 0 unspecified atom stereocenters. The molecule has 0 spiro atoms. The number of nitrogens with one attached hydrogen (secondary N) is 1. The first kappa shape index (κ1) is 16.4. The highest BCUT2D eigenvalue weighted by atomic mass is 16.2. The number of hydrogen-bond acceptors (Lipinski definition) is 4. The third-order valence-electron chi connectivity index (χ3n) is 5.50. The Labute approximate surface area is 158 Å². The van der Waals surface area contributed by atoms with Crippen LogP contribution in [-0.2, 0) is 17.9 Å². The topological polar surface area (TPSA) is 63.1 Å². The molecule has 0 bridgehead atoms. The van der Waals surface area contributed by atoms with Gasteiger partial charge in [0.25, 0.3) is 0 Å². The van der Waals surface area contributed by atoms with Crippen molar-refractivity contribution in [3.8, 4) is 0 Å². The second-order valence-corrected chi connectivity index (χ2v) is 7.63. The summed E-state index contributed by atoms with van der Waals surface area (Å²) in [7, 11) is 0. The Morgan fingerprint density at radius 3 is 2.96 bits per heavy atom. The van der Waals surface area contributed by atoms with Crippen LogP contribution in [0, 0.1) is 5.92 Å². The van der Waals surface area contributed by atoms with E-state index in [9.17, 15) is 4.79 Å². The van der Waals surface area contributed by atoms with Gasteiger partial charge >= 0.3 is 0 Å². The number of para-hydroxylation sites is 1. The molecule has 1 aromatic carbocycles. The fraction of sp³-hybridized carbons (Fsp3) is 0.381. The number of carbonyl (C=O) groups excluding carboxylic acids is 1. The van der Waals surface area contributed by atoms with Crippen LogP contribution in [0.15, 0.2) is 48.9 Å². The molecule has 2 aromatic heterocycles. The van der Waals surface area contributed by atoms with E-state index in [1.54, 1.807) is 0 Å². The SMILES string of the molecule is O=C(NC[C@H]1CN(Cc2ccc3ccccc3n2)Cc2cncn21)C1CC1. The molecule has 1 fully saturated rings. The Morgan fingerprint density at radius 1 is 1.19 bits per heavy atom. The summed E-state index contributed by atoms with van der Waals surface area (Å²) >= 11 is 0. The van der Waals surface area contributed by atoms with Crippen LogP contribution in [0.4, 0.5) is 0 Å². The molecule has 138 valence electrons. The van der Waals surface area contributed by atoms with Crippen molar-refractivity contribution in [1.29, 1.82) is 0 Å². The van der Waals surface area contributed by atoms with Crippen LogP contribution < -0.4 is 5.32 Å². The van der Waals surface area contributed by atoms with Crippen molar-refractivity contribution in [1.82, 2.24) is 24.8 Å². The molecule has 1 atom stereocenters. The predicted octanol–water partition coefficient (Wildman–Crippen LogP) is 2.51. The standard InChI is InChI=1S/C21H23N5O/c27-21(16-5-6-16)23-10-19-13-25(12-18-9-22-14-26(18)19)11-17-8-7-15-3-1-2-4-20(15)24-17/h1-4,7-9,14,16,19H,5-6,10-13H2,(H,23,27)/t19-/m0/s1. The summed E-state index contributed by atoms with van der Waals surface area (Å²) in [5.74, 6) is 0.443. The van der Waals surface area contributed by atoms with Crippen molar-refractivity contribution >= 4 is 16.8 Å². The van der Waals surface area contributed by atoms with E-state index in [0.29, 0.717) is 6.54 Å². The predicted molar refractivity (Wildman–Crippen MR) is 103 cm³/mol. The molecule has 6 heteroatoms. The number of benzene rings is 1. The van der Waals surface area contributed by atoms with Crippen molar-refractivity contribution in [2.75, 3.05) is 13.1 Å². The molecular weight excluding hydrogens is 338 g/mol. The molecule has 1 amide bonds. The number of carbonyl (C=O) groups is 1. The maximum absolute atomic E-state index is 12.0. The zero-order valence-corrected chi connectivity index (χ0v) is 15.2. The average molecular weight is 361 g/mol. The molecule has 5 rings (SSSR count). The lowest BCUT2D eigenvalue weighted by Crippen LogP contribution is -2.42. The van der Waals surface area contributed by atoms with Gasteiger partial charge in [-0.05, 0) is 25.0 Å². The lowest BCUT2D eigenvalue weighted by molar-refractivity contribution is -0.122. The highest BCUT2D eigenvalue weighted by molar-refractivity contribution is 5.80. The Bertz CT molecular complexity index is 977. The highest BCUT2D eigenvalue weighted by Gasteiger charge is 2.31. The van der Waals surface area contributed by atoms with Gasteiger partial charge in [-0.2, -0.15) is 0 Å². The molecule has 1 saturated carbocycles. The van der Waals surface area contributed by atoms with Crippen LogP contribution in [0.3, 0.4) is 0 Å². The summed E-state index contributed by atoms with van der Waals surface area (Å²) in [5.41, 5.74) is 3.29. The van der Waals surface area contributed by atoms with E-state index in [2.05, 4.69) is 44.0 Å². The molecule has 1 aliphatic heterocycles. The Morgan fingerprint density at radius 2 is 2.07 bits per heavy atom. The van der Waals surface area contributed by atoms with Gasteiger partial charge in [-0.25, -0.2) is 4.98 Å². The maximum Gasteiger partial charge on any atom is 0.223 e. The van der Waals surface area contributed by atoms with Gasteiger partial charge in [0, 0.05) is 43.7 Å². The second kappa shape index (κ2) is 6.78. The quantitative estimate of drug-likeness (QED) is 0.758. The smallest absolute Gasteiger partial charge is 0.223 e. The van der Waals surface area contributed by atoms with Gasteiger partial charge in [0.05, 0.1) is 29.3 Å². The molecule has 3 heterocycles. The minimum atomic E-state index is 0.199. The Balaban J connectivity index is 1.31. The second-order valence-electron chi connectivity index (χ2n) is 7.63. The lowest BCUT2D eigenvalue weighted by atomic mass is 10.1. The Kier molecular flexibility index (Phi) is 4.13. The fourth-order valence-corrected chi connectivity index (χ4v) is 3.88. The van der Waals surface area contributed by atoms with E-state index in [-0.39, 0.29) is 17.9 Å². The molecule has 1 aliphatic carbocycles. The van der Waals surface area contributed by atoms with Gasteiger partial charge in [0.2, 0.25) is 5.91 Å². The molecule has 0 saturated heterocycles.